The van der Waals surface area contributed by atoms with Gasteiger partial charge in [-0.05, 0) is 45.7 Å². The van der Waals surface area contributed by atoms with Gasteiger partial charge in [0.15, 0.2) is 0 Å². The lowest BCUT2D eigenvalue weighted by molar-refractivity contribution is 0.189. The van der Waals surface area contributed by atoms with Crippen molar-refractivity contribution in [3.05, 3.63) is 0 Å². The molecule has 0 saturated heterocycles. The van der Waals surface area contributed by atoms with Crippen LogP contribution >= 0.6 is 0 Å². The average molecular weight is 271 g/mol. The summed E-state index contributed by atoms with van der Waals surface area (Å²) in [4.78, 5) is 4.90. The Morgan fingerprint density at radius 3 is 2.00 bits per heavy atom. The second-order valence-corrected chi connectivity index (χ2v) is 6.97. The maximum absolute atomic E-state index is 5.81. The van der Waals surface area contributed by atoms with Crippen LogP contribution in [0.3, 0.4) is 0 Å². The minimum absolute atomic E-state index is 0.354. The summed E-state index contributed by atoms with van der Waals surface area (Å²) in [5.74, 6) is 1.53. The van der Waals surface area contributed by atoms with E-state index in [0.717, 1.165) is 24.8 Å². The molecule has 3 heteroatoms. The Labute approximate surface area is 121 Å². The molecule has 2 N–H and O–H groups in total. The van der Waals surface area contributed by atoms with Gasteiger partial charge in [-0.15, -0.1) is 0 Å². The number of hydrogen-bond acceptors (Lipinski definition) is 3. The number of nitrogens with two attached hydrogens (primary N) is 1. The van der Waals surface area contributed by atoms with Crippen LogP contribution in [0.15, 0.2) is 0 Å². The summed E-state index contributed by atoms with van der Waals surface area (Å²) in [7, 11) is 4.30. The van der Waals surface area contributed by atoms with Crippen LogP contribution in [0.1, 0.15) is 47.0 Å². The predicted molar refractivity (Wildman–Crippen MR) is 86.5 cm³/mol. The van der Waals surface area contributed by atoms with Gasteiger partial charge in [-0.1, -0.05) is 27.2 Å². The fourth-order valence-corrected chi connectivity index (χ4v) is 2.44. The SMILES string of the molecule is CC(C)CN(CCN(C)C)CC(C)CCCC(C)N. The van der Waals surface area contributed by atoms with E-state index in [9.17, 15) is 0 Å². The van der Waals surface area contributed by atoms with Crippen LogP contribution in [0.4, 0.5) is 0 Å². The summed E-state index contributed by atoms with van der Waals surface area (Å²) in [5.41, 5.74) is 5.81. The zero-order valence-electron chi connectivity index (χ0n) is 14.2. The van der Waals surface area contributed by atoms with E-state index in [1.165, 1.54) is 32.5 Å². The van der Waals surface area contributed by atoms with Gasteiger partial charge in [-0.25, -0.2) is 0 Å². The highest BCUT2D eigenvalue weighted by Gasteiger charge is 2.12. The monoisotopic (exact) mass is 271 g/mol. The Kier molecular flexibility index (Phi) is 10.6. The molecule has 0 aliphatic rings. The van der Waals surface area contributed by atoms with Gasteiger partial charge in [0.1, 0.15) is 0 Å². The molecule has 3 nitrogen and oxygen atoms in total. The summed E-state index contributed by atoms with van der Waals surface area (Å²) < 4.78 is 0. The maximum atomic E-state index is 5.81. The summed E-state index contributed by atoms with van der Waals surface area (Å²) in [6, 6.07) is 0.354. The van der Waals surface area contributed by atoms with Crippen molar-refractivity contribution in [2.24, 2.45) is 17.6 Å². The Balaban J connectivity index is 3.99. The summed E-state index contributed by atoms with van der Waals surface area (Å²) in [5, 5.41) is 0. The van der Waals surface area contributed by atoms with Gasteiger partial charge >= 0.3 is 0 Å². The van der Waals surface area contributed by atoms with Crippen LogP contribution in [0.5, 0.6) is 0 Å². The lowest BCUT2D eigenvalue weighted by Gasteiger charge is -2.28. The van der Waals surface area contributed by atoms with Crippen molar-refractivity contribution >= 4 is 0 Å². The van der Waals surface area contributed by atoms with E-state index < -0.39 is 0 Å². The first-order chi connectivity index (χ1) is 8.81. The van der Waals surface area contributed by atoms with Gasteiger partial charge in [0.2, 0.25) is 0 Å². The number of nitrogens with zero attached hydrogens (tertiary/aromatic N) is 2. The third-order valence-electron chi connectivity index (χ3n) is 3.41. The molecular formula is C16H37N3. The quantitative estimate of drug-likeness (QED) is 0.627. The highest BCUT2D eigenvalue weighted by Crippen LogP contribution is 2.12. The fraction of sp³-hybridized carbons (Fsp3) is 1.00. The molecule has 0 rings (SSSR count). The molecule has 19 heavy (non-hydrogen) atoms. The minimum Gasteiger partial charge on any atom is -0.328 e. The van der Waals surface area contributed by atoms with Crippen molar-refractivity contribution in [3.63, 3.8) is 0 Å². The zero-order chi connectivity index (χ0) is 14.8. The third kappa shape index (κ3) is 12.6. The van der Waals surface area contributed by atoms with E-state index in [0.29, 0.717) is 6.04 Å². The van der Waals surface area contributed by atoms with Crippen LogP contribution < -0.4 is 5.73 Å². The normalized spacial score (nSPS) is 15.5. The molecule has 2 atom stereocenters. The lowest BCUT2D eigenvalue weighted by atomic mass is 10.0. The van der Waals surface area contributed by atoms with Crippen LogP contribution in [0.25, 0.3) is 0 Å². The minimum atomic E-state index is 0.354. The zero-order valence-corrected chi connectivity index (χ0v) is 14.2. The highest BCUT2D eigenvalue weighted by atomic mass is 15.2. The number of likely N-dealkylation sites (N-methyl/N-ethyl adjacent to an activating group) is 1. The van der Waals surface area contributed by atoms with Crippen molar-refractivity contribution < 1.29 is 0 Å². The van der Waals surface area contributed by atoms with Gasteiger partial charge in [-0.2, -0.15) is 0 Å². The van der Waals surface area contributed by atoms with Crippen molar-refractivity contribution in [3.8, 4) is 0 Å². The van der Waals surface area contributed by atoms with Gasteiger partial charge in [0.05, 0.1) is 0 Å². The van der Waals surface area contributed by atoms with Crippen molar-refractivity contribution in [1.29, 1.82) is 0 Å². The first kappa shape index (κ1) is 18.9. The molecule has 0 aromatic carbocycles. The fourth-order valence-electron chi connectivity index (χ4n) is 2.44. The largest absolute Gasteiger partial charge is 0.328 e. The second kappa shape index (κ2) is 10.6. The summed E-state index contributed by atoms with van der Waals surface area (Å²) in [6.45, 7) is 13.9. The van der Waals surface area contributed by atoms with E-state index in [2.05, 4.69) is 51.6 Å². The van der Waals surface area contributed by atoms with Gasteiger partial charge in [0, 0.05) is 32.2 Å². The molecule has 0 aromatic rings. The molecule has 0 aromatic heterocycles. The number of hydrogen-bond donors (Lipinski definition) is 1. The first-order valence-electron chi connectivity index (χ1n) is 7.94. The molecule has 0 amide bonds. The van der Waals surface area contributed by atoms with E-state index in [4.69, 9.17) is 5.73 Å². The molecular weight excluding hydrogens is 234 g/mol. The molecule has 0 aliphatic heterocycles. The molecule has 0 saturated carbocycles. The highest BCUT2D eigenvalue weighted by molar-refractivity contribution is 4.67. The van der Waals surface area contributed by atoms with E-state index in [1.807, 2.05) is 0 Å². The average Bonchev–Trinajstić information content (AvgIpc) is 2.24. The van der Waals surface area contributed by atoms with Gasteiger partial charge in [0.25, 0.3) is 0 Å². The molecule has 0 bridgehead atoms. The smallest absolute Gasteiger partial charge is 0.0109 e. The van der Waals surface area contributed by atoms with Crippen LogP contribution in [0.2, 0.25) is 0 Å². The molecule has 0 heterocycles. The van der Waals surface area contributed by atoms with E-state index >= 15 is 0 Å². The second-order valence-electron chi connectivity index (χ2n) is 6.97. The molecule has 0 spiro atoms. The third-order valence-corrected chi connectivity index (χ3v) is 3.41. The summed E-state index contributed by atoms with van der Waals surface area (Å²) in [6.07, 6.45) is 3.73. The first-order valence-corrected chi connectivity index (χ1v) is 7.94. The van der Waals surface area contributed by atoms with Crippen molar-refractivity contribution in [2.75, 3.05) is 40.3 Å². The van der Waals surface area contributed by atoms with Crippen LogP contribution in [0, 0.1) is 11.8 Å². The van der Waals surface area contributed by atoms with E-state index in [1.54, 1.807) is 0 Å². The van der Waals surface area contributed by atoms with E-state index in [-0.39, 0.29) is 0 Å². The van der Waals surface area contributed by atoms with Gasteiger partial charge < -0.3 is 15.5 Å². The molecule has 2 unspecified atom stereocenters. The van der Waals surface area contributed by atoms with Crippen molar-refractivity contribution in [1.82, 2.24) is 9.80 Å². The Morgan fingerprint density at radius 2 is 1.53 bits per heavy atom. The standard InChI is InChI=1S/C16H37N3/c1-14(2)12-19(11-10-18(5)6)13-15(3)8-7-9-16(4)17/h14-16H,7-13,17H2,1-6H3. The summed E-state index contributed by atoms with van der Waals surface area (Å²) >= 11 is 0. The Bertz CT molecular complexity index is 202. The number of rotatable bonds is 11. The molecule has 0 aliphatic carbocycles. The molecule has 116 valence electrons. The topological polar surface area (TPSA) is 32.5 Å². The van der Waals surface area contributed by atoms with Crippen molar-refractivity contribution in [2.45, 2.75) is 53.0 Å². The Hall–Kier alpha value is -0.120. The van der Waals surface area contributed by atoms with Crippen LogP contribution in [-0.4, -0.2) is 56.1 Å². The molecule has 0 fully saturated rings. The Morgan fingerprint density at radius 1 is 0.895 bits per heavy atom. The lowest BCUT2D eigenvalue weighted by Crippen LogP contribution is -2.37. The van der Waals surface area contributed by atoms with Crippen LogP contribution in [-0.2, 0) is 0 Å². The molecule has 0 radical (unpaired) electrons. The predicted octanol–water partition coefficient (Wildman–Crippen LogP) is 2.66. The maximum Gasteiger partial charge on any atom is 0.0109 e. The van der Waals surface area contributed by atoms with Gasteiger partial charge in [-0.3, -0.25) is 0 Å².